The molecular formula is C16H18N6. The summed E-state index contributed by atoms with van der Waals surface area (Å²) in [4.78, 5) is 11.7. The van der Waals surface area contributed by atoms with Gasteiger partial charge in [-0.15, -0.1) is 0 Å². The van der Waals surface area contributed by atoms with Gasteiger partial charge >= 0.3 is 0 Å². The van der Waals surface area contributed by atoms with Crippen molar-refractivity contribution in [3.8, 4) is 17.3 Å². The molecule has 3 aromatic rings. The van der Waals surface area contributed by atoms with E-state index in [9.17, 15) is 0 Å². The average Bonchev–Trinajstić information content (AvgIpc) is 3.19. The van der Waals surface area contributed by atoms with Crippen molar-refractivity contribution >= 4 is 11.0 Å². The quantitative estimate of drug-likeness (QED) is 0.706. The number of aromatic amines is 1. The molecule has 3 rings (SSSR count). The molecular weight excluding hydrogens is 276 g/mol. The molecule has 0 aliphatic carbocycles. The Balaban J connectivity index is 1.76. The molecule has 1 atom stereocenters. The average molecular weight is 294 g/mol. The first-order valence-electron chi connectivity index (χ1n) is 7.49. The first-order valence-corrected chi connectivity index (χ1v) is 7.49. The van der Waals surface area contributed by atoms with Gasteiger partial charge in [-0.25, -0.2) is 9.97 Å². The highest BCUT2D eigenvalue weighted by molar-refractivity contribution is 5.89. The first kappa shape index (κ1) is 14.3. The standard InChI is InChI=1S/C16H18N6/c1-12(5-3-2-4-7-17)22-10-13(9-21-22)15-14-6-8-18-16(14)20-11-19-15/h6,8-12H,2-5H2,1H3,(H,18,19,20). The Hall–Kier alpha value is -2.68. The van der Waals surface area contributed by atoms with Gasteiger partial charge in [-0.1, -0.05) is 6.42 Å². The molecule has 0 aliphatic heterocycles. The molecule has 0 saturated carbocycles. The lowest BCUT2D eigenvalue weighted by Gasteiger charge is -2.11. The summed E-state index contributed by atoms with van der Waals surface area (Å²) in [6.07, 6.45) is 11.0. The number of hydrogen-bond acceptors (Lipinski definition) is 4. The summed E-state index contributed by atoms with van der Waals surface area (Å²) in [5, 5.41) is 14.0. The monoisotopic (exact) mass is 294 g/mol. The van der Waals surface area contributed by atoms with Crippen LogP contribution in [0.5, 0.6) is 0 Å². The number of fused-ring (bicyclic) bond motifs is 1. The summed E-state index contributed by atoms with van der Waals surface area (Å²) in [5.41, 5.74) is 2.73. The Morgan fingerprint density at radius 1 is 1.36 bits per heavy atom. The Morgan fingerprint density at radius 3 is 3.14 bits per heavy atom. The molecule has 0 fully saturated rings. The minimum Gasteiger partial charge on any atom is -0.346 e. The van der Waals surface area contributed by atoms with E-state index in [1.807, 2.05) is 29.3 Å². The second-order valence-corrected chi connectivity index (χ2v) is 5.42. The van der Waals surface area contributed by atoms with Gasteiger partial charge in [0.25, 0.3) is 0 Å². The van der Waals surface area contributed by atoms with E-state index >= 15 is 0 Å². The molecule has 1 N–H and O–H groups in total. The second-order valence-electron chi connectivity index (χ2n) is 5.42. The number of nitriles is 1. The van der Waals surface area contributed by atoms with Crippen LogP contribution >= 0.6 is 0 Å². The van der Waals surface area contributed by atoms with E-state index in [-0.39, 0.29) is 0 Å². The molecule has 6 nitrogen and oxygen atoms in total. The molecule has 0 bridgehead atoms. The molecule has 3 aromatic heterocycles. The molecule has 3 heterocycles. The van der Waals surface area contributed by atoms with E-state index in [4.69, 9.17) is 5.26 Å². The molecule has 0 saturated heterocycles. The van der Waals surface area contributed by atoms with E-state index in [1.165, 1.54) is 0 Å². The van der Waals surface area contributed by atoms with Crippen molar-refractivity contribution in [3.63, 3.8) is 0 Å². The molecule has 1 unspecified atom stereocenters. The van der Waals surface area contributed by atoms with Crippen LogP contribution in [0.1, 0.15) is 38.6 Å². The number of unbranched alkanes of at least 4 members (excludes halogenated alkanes) is 2. The van der Waals surface area contributed by atoms with E-state index in [1.54, 1.807) is 6.33 Å². The molecule has 112 valence electrons. The number of nitrogens with zero attached hydrogens (tertiary/aromatic N) is 5. The van der Waals surface area contributed by atoms with Crippen molar-refractivity contribution in [1.29, 1.82) is 5.26 Å². The van der Waals surface area contributed by atoms with Crippen LogP contribution < -0.4 is 0 Å². The maximum absolute atomic E-state index is 8.56. The van der Waals surface area contributed by atoms with Gasteiger partial charge in [0.15, 0.2) is 0 Å². The van der Waals surface area contributed by atoms with Gasteiger partial charge in [0.2, 0.25) is 0 Å². The van der Waals surface area contributed by atoms with E-state index in [0.29, 0.717) is 12.5 Å². The van der Waals surface area contributed by atoms with Gasteiger partial charge in [-0.05, 0) is 25.8 Å². The highest BCUT2D eigenvalue weighted by Gasteiger charge is 2.11. The van der Waals surface area contributed by atoms with Crippen LogP contribution in [-0.2, 0) is 0 Å². The van der Waals surface area contributed by atoms with Gasteiger partial charge in [-0.2, -0.15) is 10.4 Å². The van der Waals surface area contributed by atoms with Gasteiger partial charge in [0.05, 0.1) is 18.0 Å². The van der Waals surface area contributed by atoms with Crippen LogP contribution in [0.2, 0.25) is 0 Å². The summed E-state index contributed by atoms with van der Waals surface area (Å²) in [6, 6.07) is 4.48. The fourth-order valence-electron chi connectivity index (χ4n) is 2.58. The fourth-order valence-corrected chi connectivity index (χ4v) is 2.58. The van der Waals surface area contributed by atoms with Crippen LogP contribution in [-0.4, -0.2) is 24.7 Å². The third kappa shape index (κ3) is 2.84. The largest absolute Gasteiger partial charge is 0.346 e. The second kappa shape index (κ2) is 6.39. The number of H-pyrrole nitrogens is 1. The van der Waals surface area contributed by atoms with Gasteiger partial charge < -0.3 is 4.98 Å². The SMILES string of the molecule is CC(CCCCC#N)n1cc(-c2ncnc3[nH]ccc23)cn1. The normalized spacial score (nSPS) is 12.4. The van der Waals surface area contributed by atoms with Crippen LogP contribution in [0, 0.1) is 11.3 Å². The predicted molar refractivity (Wildman–Crippen MR) is 83.9 cm³/mol. The first-order chi connectivity index (χ1) is 10.8. The summed E-state index contributed by atoms with van der Waals surface area (Å²) >= 11 is 0. The van der Waals surface area contributed by atoms with Crippen LogP contribution in [0.25, 0.3) is 22.3 Å². The maximum atomic E-state index is 8.56. The Kier molecular flexibility index (Phi) is 4.15. The van der Waals surface area contributed by atoms with Crippen molar-refractivity contribution in [2.75, 3.05) is 0 Å². The molecule has 0 amide bonds. The maximum Gasteiger partial charge on any atom is 0.141 e. The lowest BCUT2D eigenvalue weighted by molar-refractivity contribution is 0.441. The van der Waals surface area contributed by atoms with Gasteiger partial charge in [0.1, 0.15) is 12.0 Å². The lowest BCUT2D eigenvalue weighted by Crippen LogP contribution is -2.05. The van der Waals surface area contributed by atoms with Crippen molar-refractivity contribution in [1.82, 2.24) is 24.7 Å². The third-order valence-electron chi connectivity index (χ3n) is 3.84. The zero-order chi connectivity index (χ0) is 15.4. The molecule has 0 radical (unpaired) electrons. The molecule has 0 spiro atoms. The number of aromatic nitrogens is 5. The molecule has 6 heteroatoms. The topological polar surface area (TPSA) is 83.2 Å². The minimum atomic E-state index is 0.316. The van der Waals surface area contributed by atoms with Gasteiger partial charge in [0, 0.05) is 35.8 Å². The van der Waals surface area contributed by atoms with Crippen molar-refractivity contribution in [2.24, 2.45) is 0 Å². The van der Waals surface area contributed by atoms with E-state index in [0.717, 1.165) is 41.6 Å². The Morgan fingerprint density at radius 2 is 2.27 bits per heavy atom. The van der Waals surface area contributed by atoms with Crippen molar-refractivity contribution in [2.45, 2.75) is 38.6 Å². The highest BCUT2D eigenvalue weighted by Crippen LogP contribution is 2.25. The summed E-state index contributed by atoms with van der Waals surface area (Å²) in [5.74, 6) is 0. The predicted octanol–water partition coefficient (Wildman–Crippen LogP) is 3.47. The lowest BCUT2D eigenvalue weighted by atomic mass is 10.1. The van der Waals surface area contributed by atoms with Crippen LogP contribution in [0.15, 0.2) is 31.0 Å². The smallest absolute Gasteiger partial charge is 0.141 e. The highest BCUT2D eigenvalue weighted by atomic mass is 15.3. The molecule has 22 heavy (non-hydrogen) atoms. The third-order valence-corrected chi connectivity index (χ3v) is 3.84. The zero-order valence-electron chi connectivity index (χ0n) is 12.5. The number of nitrogens with one attached hydrogen (secondary N) is 1. The van der Waals surface area contributed by atoms with E-state index in [2.05, 4.69) is 33.0 Å². The summed E-state index contributed by atoms with van der Waals surface area (Å²) in [6.45, 7) is 2.15. The van der Waals surface area contributed by atoms with Crippen LogP contribution in [0.3, 0.4) is 0 Å². The van der Waals surface area contributed by atoms with E-state index < -0.39 is 0 Å². The fraction of sp³-hybridized carbons (Fsp3) is 0.375. The molecule has 0 aromatic carbocycles. The van der Waals surface area contributed by atoms with Crippen molar-refractivity contribution < 1.29 is 0 Å². The number of hydrogen-bond donors (Lipinski definition) is 1. The molecule has 0 aliphatic rings. The summed E-state index contributed by atoms with van der Waals surface area (Å²) < 4.78 is 1.97. The van der Waals surface area contributed by atoms with Gasteiger partial charge in [-0.3, -0.25) is 4.68 Å². The van der Waals surface area contributed by atoms with Crippen molar-refractivity contribution in [3.05, 3.63) is 31.0 Å². The summed E-state index contributed by atoms with van der Waals surface area (Å²) in [7, 11) is 0. The Labute approximate surface area is 128 Å². The van der Waals surface area contributed by atoms with Crippen LogP contribution in [0.4, 0.5) is 0 Å². The Bertz CT molecular complexity index is 794. The minimum absolute atomic E-state index is 0.316. The zero-order valence-corrected chi connectivity index (χ0v) is 12.5. The number of rotatable bonds is 6.